The van der Waals surface area contributed by atoms with Gasteiger partial charge in [0.15, 0.2) is 0 Å². The largest absolute Gasteiger partial charge is 0.355 e. The molecule has 1 aromatic rings. The Hall–Kier alpha value is -2.28. The van der Waals surface area contributed by atoms with Crippen molar-refractivity contribution in [3.8, 4) is 0 Å². The maximum atomic E-state index is 4.28. The van der Waals surface area contributed by atoms with Gasteiger partial charge in [0.05, 0.1) is 0 Å². The summed E-state index contributed by atoms with van der Waals surface area (Å²) < 4.78 is 0. The van der Waals surface area contributed by atoms with Crippen molar-refractivity contribution in [2.75, 3.05) is 5.32 Å². The maximum absolute atomic E-state index is 4.28. The van der Waals surface area contributed by atoms with E-state index in [-0.39, 0.29) is 0 Å². The normalized spacial score (nSPS) is 10.7. The molecule has 0 bridgehead atoms. The highest BCUT2D eigenvalue weighted by molar-refractivity contribution is 5.70. The Labute approximate surface area is 154 Å². The summed E-state index contributed by atoms with van der Waals surface area (Å²) in [6.45, 7) is 22.5. The second kappa shape index (κ2) is 10.6. The van der Waals surface area contributed by atoms with Gasteiger partial charge in [0.1, 0.15) is 0 Å². The van der Waals surface area contributed by atoms with Crippen LogP contribution in [0.25, 0.3) is 5.57 Å². The molecule has 0 heterocycles. The summed E-state index contributed by atoms with van der Waals surface area (Å²) in [5.74, 6) is 0. The molecular weight excluding hydrogens is 302 g/mol. The molecule has 0 unspecified atom stereocenters. The lowest BCUT2D eigenvalue weighted by Crippen LogP contribution is -2.01. The molecule has 0 amide bonds. The minimum Gasteiger partial charge on any atom is -0.355 e. The lowest BCUT2D eigenvalue weighted by atomic mass is 9.98. The molecule has 0 atom stereocenters. The van der Waals surface area contributed by atoms with Gasteiger partial charge in [-0.1, -0.05) is 56.0 Å². The van der Waals surface area contributed by atoms with Crippen LogP contribution in [0, 0.1) is 6.92 Å². The first kappa shape index (κ1) is 20.8. The lowest BCUT2D eigenvalue weighted by molar-refractivity contribution is 0.689. The van der Waals surface area contributed by atoms with E-state index in [1.54, 1.807) is 0 Å². The van der Waals surface area contributed by atoms with Crippen LogP contribution < -0.4 is 5.32 Å². The Morgan fingerprint density at radius 2 is 1.72 bits per heavy atom. The monoisotopic (exact) mass is 335 g/mol. The first-order valence-electron chi connectivity index (χ1n) is 9.06. The molecule has 1 heteroatoms. The topological polar surface area (TPSA) is 12.0 Å². The molecule has 25 heavy (non-hydrogen) atoms. The minimum atomic E-state index is 0.823. The van der Waals surface area contributed by atoms with Gasteiger partial charge in [-0.15, -0.1) is 6.58 Å². The molecule has 0 aliphatic heterocycles. The van der Waals surface area contributed by atoms with E-state index in [2.05, 4.69) is 63.7 Å². The molecule has 1 aromatic carbocycles. The van der Waals surface area contributed by atoms with Crippen LogP contribution in [0.5, 0.6) is 0 Å². The van der Waals surface area contributed by atoms with Gasteiger partial charge in [-0.3, -0.25) is 0 Å². The second-order valence-electron chi connectivity index (χ2n) is 6.78. The Morgan fingerprint density at radius 1 is 1.04 bits per heavy atom. The highest BCUT2D eigenvalue weighted by Crippen LogP contribution is 2.26. The van der Waals surface area contributed by atoms with Gasteiger partial charge < -0.3 is 5.32 Å². The van der Waals surface area contributed by atoms with E-state index in [0.717, 1.165) is 29.8 Å². The molecule has 0 radical (unpaired) electrons. The Kier molecular flexibility index (Phi) is 8.77. The van der Waals surface area contributed by atoms with Crippen molar-refractivity contribution in [2.24, 2.45) is 0 Å². The molecule has 0 aliphatic rings. The molecule has 0 spiro atoms. The number of hydrogen-bond acceptors (Lipinski definition) is 1. The number of anilines is 1. The van der Waals surface area contributed by atoms with E-state index >= 15 is 0 Å². The van der Waals surface area contributed by atoms with Gasteiger partial charge in [-0.25, -0.2) is 0 Å². The number of rotatable bonds is 11. The molecule has 1 nitrogen and oxygen atoms in total. The Bertz CT molecular complexity index is 673. The third kappa shape index (κ3) is 7.43. The maximum Gasteiger partial charge on any atom is 0.0420 e. The summed E-state index contributed by atoms with van der Waals surface area (Å²) in [5, 5.41) is 3.38. The van der Waals surface area contributed by atoms with E-state index in [9.17, 15) is 0 Å². The number of aryl methyl sites for hydroxylation is 1. The van der Waals surface area contributed by atoms with Crippen molar-refractivity contribution < 1.29 is 0 Å². The molecule has 0 saturated carbocycles. The van der Waals surface area contributed by atoms with Crippen LogP contribution in [0.15, 0.2) is 73.5 Å². The zero-order valence-electron chi connectivity index (χ0n) is 16.3. The summed E-state index contributed by atoms with van der Waals surface area (Å²) in [4.78, 5) is 0. The van der Waals surface area contributed by atoms with Gasteiger partial charge >= 0.3 is 0 Å². The molecule has 0 fully saturated rings. The van der Waals surface area contributed by atoms with E-state index < -0.39 is 0 Å². The van der Waals surface area contributed by atoms with Gasteiger partial charge in [0.2, 0.25) is 0 Å². The van der Waals surface area contributed by atoms with Crippen molar-refractivity contribution in [1.82, 2.24) is 0 Å². The van der Waals surface area contributed by atoms with Crippen LogP contribution in [0.3, 0.4) is 0 Å². The van der Waals surface area contributed by atoms with Gasteiger partial charge in [-0.2, -0.15) is 0 Å². The summed E-state index contributed by atoms with van der Waals surface area (Å²) in [6, 6.07) is 6.45. The number of unbranched alkanes of at least 4 members (excludes halogenated alkanes) is 2. The average molecular weight is 336 g/mol. The standard InChI is InChI=1S/C24H33N/c1-8-12-19(4)22(7)25-24-17-23(16-15-21(24)6)20(5)14-11-9-10-13-18(2)3/h8,12,15-17,25H,2,4-5,7,9-11,13-14H2,1,3,6H3/b12-8-. The van der Waals surface area contributed by atoms with Crippen molar-refractivity contribution in [3.05, 3.63) is 84.6 Å². The molecule has 1 N–H and O–H groups in total. The number of hydrogen-bond donors (Lipinski definition) is 1. The zero-order chi connectivity index (χ0) is 18.8. The van der Waals surface area contributed by atoms with E-state index in [1.807, 2.05) is 19.1 Å². The molecular formula is C24H33N. The molecule has 0 saturated heterocycles. The van der Waals surface area contributed by atoms with Gasteiger partial charge in [0.25, 0.3) is 0 Å². The predicted octanol–water partition coefficient (Wildman–Crippen LogP) is 7.59. The quantitative estimate of drug-likeness (QED) is 0.249. The first-order chi connectivity index (χ1) is 11.8. The van der Waals surface area contributed by atoms with Crippen LogP contribution in [0.2, 0.25) is 0 Å². The molecule has 134 valence electrons. The molecule has 0 aromatic heterocycles. The van der Waals surface area contributed by atoms with Crippen LogP contribution >= 0.6 is 0 Å². The third-order valence-corrected chi connectivity index (χ3v) is 4.27. The molecule has 1 rings (SSSR count). The summed E-state index contributed by atoms with van der Waals surface area (Å²) in [6.07, 6.45) is 9.70. The average Bonchev–Trinajstić information content (AvgIpc) is 2.56. The number of nitrogens with one attached hydrogen (secondary N) is 1. The van der Waals surface area contributed by atoms with Gasteiger partial charge in [-0.05, 0) is 74.8 Å². The highest BCUT2D eigenvalue weighted by atomic mass is 14.9. The highest BCUT2D eigenvalue weighted by Gasteiger charge is 2.06. The van der Waals surface area contributed by atoms with E-state index in [1.165, 1.54) is 41.5 Å². The van der Waals surface area contributed by atoms with Crippen molar-refractivity contribution in [2.45, 2.75) is 52.9 Å². The Morgan fingerprint density at radius 3 is 2.36 bits per heavy atom. The smallest absolute Gasteiger partial charge is 0.0420 e. The fourth-order valence-electron chi connectivity index (χ4n) is 2.61. The zero-order valence-corrected chi connectivity index (χ0v) is 16.3. The van der Waals surface area contributed by atoms with E-state index in [4.69, 9.17) is 0 Å². The lowest BCUT2D eigenvalue weighted by Gasteiger charge is -2.15. The third-order valence-electron chi connectivity index (χ3n) is 4.27. The Balaban J connectivity index is 2.67. The van der Waals surface area contributed by atoms with Crippen LogP contribution in [0.4, 0.5) is 5.69 Å². The van der Waals surface area contributed by atoms with Crippen molar-refractivity contribution >= 4 is 11.3 Å². The number of benzene rings is 1. The second-order valence-corrected chi connectivity index (χ2v) is 6.78. The van der Waals surface area contributed by atoms with E-state index in [0.29, 0.717) is 0 Å². The predicted molar refractivity (Wildman–Crippen MR) is 115 cm³/mol. The summed E-state index contributed by atoms with van der Waals surface area (Å²) in [7, 11) is 0. The van der Waals surface area contributed by atoms with Crippen molar-refractivity contribution in [1.29, 1.82) is 0 Å². The summed E-state index contributed by atoms with van der Waals surface area (Å²) in [5.41, 5.74) is 7.62. The van der Waals surface area contributed by atoms with Crippen LogP contribution in [-0.4, -0.2) is 0 Å². The fraction of sp³-hybridized carbons (Fsp3) is 0.333. The van der Waals surface area contributed by atoms with Crippen LogP contribution in [-0.2, 0) is 0 Å². The number of allylic oxidation sites excluding steroid dienone is 4. The first-order valence-corrected chi connectivity index (χ1v) is 9.06. The molecule has 0 aliphatic carbocycles. The fourth-order valence-corrected chi connectivity index (χ4v) is 2.61. The minimum absolute atomic E-state index is 0.823. The van der Waals surface area contributed by atoms with Crippen LogP contribution in [0.1, 0.15) is 57.1 Å². The van der Waals surface area contributed by atoms with Gasteiger partial charge in [0, 0.05) is 11.4 Å². The summed E-state index contributed by atoms with van der Waals surface area (Å²) >= 11 is 0. The van der Waals surface area contributed by atoms with Crippen molar-refractivity contribution in [3.63, 3.8) is 0 Å². The SMILES string of the molecule is C=C(C)CCCCCC(=C)c1ccc(C)c(NC(=C)C(=C)/C=C\C)c1.